The summed E-state index contributed by atoms with van der Waals surface area (Å²) in [5, 5.41) is 32.6. The molecule has 108 valence electrons. The van der Waals surface area contributed by atoms with Gasteiger partial charge in [-0.2, -0.15) is 0 Å². The van der Waals surface area contributed by atoms with E-state index in [2.05, 4.69) is 10.0 Å². The molecule has 1 saturated heterocycles. The molecule has 0 amide bonds. The van der Waals surface area contributed by atoms with Crippen LogP contribution < -0.4 is 0 Å². The zero-order chi connectivity index (χ0) is 14.5. The van der Waals surface area contributed by atoms with E-state index in [1.54, 1.807) is 6.92 Å². The van der Waals surface area contributed by atoms with Crippen LogP contribution in [0.2, 0.25) is 0 Å². The van der Waals surface area contributed by atoms with Gasteiger partial charge in [0.2, 0.25) is 5.79 Å². The molecular formula is C10H17N3O6. The van der Waals surface area contributed by atoms with Gasteiger partial charge in [-0.15, -0.1) is 0 Å². The van der Waals surface area contributed by atoms with Crippen molar-refractivity contribution in [2.75, 3.05) is 13.2 Å². The van der Waals surface area contributed by atoms with Crippen LogP contribution in [0, 0.1) is 0 Å². The molecule has 3 N–H and O–H groups in total. The summed E-state index contributed by atoms with van der Waals surface area (Å²) < 4.78 is 9.70. The summed E-state index contributed by atoms with van der Waals surface area (Å²) in [5.74, 6) is -2.75. The molecule has 0 aromatic rings. The lowest BCUT2D eigenvalue weighted by molar-refractivity contribution is -0.316. The van der Waals surface area contributed by atoms with Crippen molar-refractivity contribution in [3.8, 4) is 0 Å². The maximum Gasteiger partial charge on any atom is 0.305 e. The summed E-state index contributed by atoms with van der Waals surface area (Å²) >= 11 is 0. The molecule has 0 radical (unpaired) electrons. The molecule has 1 rings (SSSR count). The standard InChI is InChI=1S/C10H17N3O6/c1-2-3-7(14)18-5-10(17)9(16)8(15)6(4-19-10)12-13-11/h6,8-9,15-17H,2-5H2,1H3/t6-,8+,9-,10+/m0/s1. The first-order valence-corrected chi connectivity index (χ1v) is 5.87. The lowest BCUT2D eigenvalue weighted by Crippen LogP contribution is -2.62. The van der Waals surface area contributed by atoms with E-state index in [0.717, 1.165) is 0 Å². The zero-order valence-electron chi connectivity index (χ0n) is 10.5. The maximum absolute atomic E-state index is 11.2. The highest BCUT2D eigenvalue weighted by Crippen LogP contribution is 2.26. The minimum Gasteiger partial charge on any atom is -0.460 e. The number of azide groups is 1. The van der Waals surface area contributed by atoms with Gasteiger partial charge in [-0.25, -0.2) is 0 Å². The van der Waals surface area contributed by atoms with Crippen molar-refractivity contribution in [2.45, 2.75) is 43.8 Å². The Balaban J connectivity index is 2.62. The second-order valence-corrected chi connectivity index (χ2v) is 4.27. The van der Waals surface area contributed by atoms with Crippen LogP contribution in [0.4, 0.5) is 0 Å². The highest BCUT2D eigenvalue weighted by atomic mass is 16.7. The van der Waals surface area contributed by atoms with Gasteiger partial charge in [-0.1, -0.05) is 12.0 Å². The summed E-state index contributed by atoms with van der Waals surface area (Å²) in [5.41, 5.74) is 8.27. The fourth-order valence-electron chi connectivity index (χ4n) is 1.65. The molecule has 0 aromatic carbocycles. The molecule has 0 bridgehead atoms. The first-order chi connectivity index (χ1) is 8.94. The molecule has 0 spiro atoms. The topological polar surface area (TPSA) is 145 Å². The number of aliphatic hydroxyl groups excluding tert-OH is 2. The smallest absolute Gasteiger partial charge is 0.305 e. The van der Waals surface area contributed by atoms with Gasteiger partial charge in [0.05, 0.1) is 18.8 Å². The van der Waals surface area contributed by atoms with Gasteiger partial charge in [0.1, 0.15) is 12.7 Å². The third kappa shape index (κ3) is 3.79. The van der Waals surface area contributed by atoms with E-state index in [9.17, 15) is 20.1 Å². The van der Waals surface area contributed by atoms with Crippen LogP contribution in [-0.4, -0.2) is 58.5 Å². The Kier molecular flexibility index (Phi) is 5.52. The Morgan fingerprint density at radius 2 is 2.32 bits per heavy atom. The Morgan fingerprint density at radius 1 is 1.63 bits per heavy atom. The highest BCUT2D eigenvalue weighted by Gasteiger charge is 2.49. The number of hydrogen-bond donors (Lipinski definition) is 3. The predicted octanol–water partition coefficient (Wildman–Crippen LogP) is -0.551. The summed E-state index contributed by atoms with van der Waals surface area (Å²) in [4.78, 5) is 13.7. The Bertz CT molecular complexity index is 372. The highest BCUT2D eigenvalue weighted by molar-refractivity contribution is 5.69. The summed E-state index contributed by atoms with van der Waals surface area (Å²) in [6.07, 6.45) is -2.48. The molecular weight excluding hydrogens is 258 g/mol. The van der Waals surface area contributed by atoms with E-state index in [1.807, 2.05) is 0 Å². The molecule has 1 fully saturated rings. The number of esters is 1. The summed E-state index contributed by atoms with van der Waals surface area (Å²) in [6, 6.07) is -1.01. The lowest BCUT2D eigenvalue weighted by Gasteiger charge is -2.41. The Hall–Kier alpha value is -1.38. The SMILES string of the molecule is CCCC(=O)OC[C@@]1(O)OC[C@H](N=[N+]=[N-])[C@@H](O)[C@@H]1O. The van der Waals surface area contributed by atoms with Crippen molar-refractivity contribution in [3.63, 3.8) is 0 Å². The average Bonchev–Trinajstić information content (AvgIpc) is 2.38. The number of ether oxygens (including phenoxy) is 2. The van der Waals surface area contributed by atoms with Gasteiger partial charge >= 0.3 is 5.97 Å². The largest absolute Gasteiger partial charge is 0.460 e. The van der Waals surface area contributed by atoms with Gasteiger partial charge in [-0.05, 0) is 12.0 Å². The average molecular weight is 275 g/mol. The van der Waals surface area contributed by atoms with Crippen molar-refractivity contribution in [1.29, 1.82) is 0 Å². The van der Waals surface area contributed by atoms with E-state index >= 15 is 0 Å². The van der Waals surface area contributed by atoms with Crippen molar-refractivity contribution in [1.82, 2.24) is 0 Å². The van der Waals surface area contributed by atoms with Gasteiger partial charge in [0, 0.05) is 11.3 Å². The normalized spacial score (nSPS) is 34.4. The predicted molar refractivity (Wildman–Crippen MR) is 61.7 cm³/mol. The van der Waals surface area contributed by atoms with Crippen LogP contribution in [0.5, 0.6) is 0 Å². The van der Waals surface area contributed by atoms with Crippen molar-refractivity contribution in [2.24, 2.45) is 5.11 Å². The number of carbonyl (C=O) groups is 1. The minimum atomic E-state index is -2.20. The lowest BCUT2D eigenvalue weighted by atomic mass is 9.96. The van der Waals surface area contributed by atoms with Crippen LogP contribution >= 0.6 is 0 Å². The first-order valence-electron chi connectivity index (χ1n) is 5.87. The van der Waals surface area contributed by atoms with Crippen molar-refractivity contribution in [3.05, 3.63) is 10.4 Å². The second kappa shape index (κ2) is 6.69. The van der Waals surface area contributed by atoms with E-state index in [0.29, 0.717) is 6.42 Å². The van der Waals surface area contributed by atoms with Crippen molar-refractivity contribution >= 4 is 5.97 Å². The van der Waals surface area contributed by atoms with Crippen LogP contribution in [0.3, 0.4) is 0 Å². The second-order valence-electron chi connectivity index (χ2n) is 4.27. The minimum absolute atomic E-state index is 0.177. The van der Waals surface area contributed by atoms with Gasteiger partial charge < -0.3 is 24.8 Å². The molecule has 0 unspecified atom stereocenters. The van der Waals surface area contributed by atoms with Crippen LogP contribution in [0.25, 0.3) is 10.4 Å². The van der Waals surface area contributed by atoms with Crippen molar-refractivity contribution < 1.29 is 29.6 Å². The first kappa shape index (κ1) is 15.7. The number of aliphatic hydroxyl groups is 3. The third-order valence-corrected chi connectivity index (χ3v) is 2.78. The zero-order valence-corrected chi connectivity index (χ0v) is 10.5. The van der Waals surface area contributed by atoms with Crippen LogP contribution in [0.1, 0.15) is 19.8 Å². The summed E-state index contributed by atoms with van der Waals surface area (Å²) in [7, 11) is 0. The fraction of sp³-hybridized carbons (Fsp3) is 0.900. The molecule has 4 atom stereocenters. The number of nitrogens with zero attached hydrogens (tertiary/aromatic N) is 3. The number of carbonyl (C=O) groups excluding carboxylic acids is 1. The molecule has 0 aromatic heterocycles. The molecule has 1 heterocycles. The molecule has 9 nitrogen and oxygen atoms in total. The maximum atomic E-state index is 11.2. The molecule has 9 heteroatoms. The molecule has 1 aliphatic heterocycles. The third-order valence-electron chi connectivity index (χ3n) is 2.78. The summed E-state index contributed by atoms with van der Waals surface area (Å²) in [6.45, 7) is 0.896. The number of hydrogen-bond acceptors (Lipinski definition) is 7. The van der Waals surface area contributed by atoms with E-state index < -0.39 is 36.6 Å². The fourth-order valence-corrected chi connectivity index (χ4v) is 1.65. The Morgan fingerprint density at radius 3 is 2.89 bits per heavy atom. The Labute approximate surface area is 109 Å². The number of rotatable bonds is 5. The molecule has 1 aliphatic rings. The van der Waals surface area contributed by atoms with Gasteiger partial charge in [0.15, 0.2) is 0 Å². The molecule has 19 heavy (non-hydrogen) atoms. The molecule has 0 saturated carbocycles. The van der Waals surface area contributed by atoms with Gasteiger partial charge in [0.25, 0.3) is 0 Å². The molecule has 0 aliphatic carbocycles. The quantitative estimate of drug-likeness (QED) is 0.265. The van der Waals surface area contributed by atoms with E-state index in [4.69, 9.17) is 15.0 Å². The van der Waals surface area contributed by atoms with Crippen LogP contribution in [-0.2, 0) is 14.3 Å². The van der Waals surface area contributed by atoms with E-state index in [1.165, 1.54) is 0 Å². The van der Waals surface area contributed by atoms with Gasteiger partial charge in [-0.3, -0.25) is 4.79 Å². The van der Waals surface area contributed by atoms with E-state index in [-0.39, 0.29) is 13.0 Å². The monoisotopic (exact) mass is 275 g/mol. The van der Waals surface area contributed by atoms with Crippen LogP contribution in [0.15, 0.2) is 5.11 Å².